The Labute approximate surface area is 195 Å². The molecular weight excluding hydrogens is 414 g/mol. The summed E-state index contributed by atoms with van der Waals surface area (Å²) in [6, 6.07) is 23.0. The van der Waals surface area contributed by atoms with Crippen molar-refractivity contribution in [3.8, 4) is 5.75 Å². The predicted octanol–water partition coefficient (Wildman–Crippen LogP) is 5.37. The van der Waals surface area contributed by atoms with Gasteiger partial charge in [0.2, 0.25) is 0 Å². The van der Waals surface area contributed by atoms with E-state index in [1.54, 1.807) is 25.2 Å². The lowest BCUT2D eigenvalue weighted by atomic mass is 10.0. The van der Waals surface area contributed by atoms with Crippen LogP contribution in [0.25, 0.3) is 0 Å². The SMILES string of the molecule is CNC(=O)c1cccc(CCc2ccccc2)c1OCc1ccc(C(=O)OC(C)(C)C)cc1. The van der Waals surface area contributed by atoms with Gasteiger partial charge >= 0.3 is 5.97 Å². The monoisotopic (exact) mass is 445 g/mol. The molecule has 0 radical (unpaired) electrons. The fourth-order valence-corrected chi connectivity index (χ4v) is 3.42. The minimum absolute atomic E-state index is 0.188. The Morgan fingerprint density at radius 3 is 2.15 bits per heavy atom. The van der Waals surface area contributed by atoms with E-state index in [-0.39, 0.29) is 18.5 Å². The topological polar surface area (TPSA) is 64.6 Å². The number of hydrogen-bond donors (Lipinski definition) is 1. The summed E-state index contributed by atoms with van der Waals surface area (Å²) in [5.41, 5.74) is 3.55. The van der Waals surface area contributed by atoms with Gasteiger partial charge in [0.25, 0.3) is 5.91 Å². The van der Waals surface area contributed by atoms with Crippen molar-refractivity contribution in [3.63, 3.8) is 0 Å². The molecule has 3 aromatic carbocycles. The number of aryl methyl sites for hydroxylation is 2. The number of amides is 1. The van der Waals surface area contributed by atoms with Crippen LogP contribution in [0.4, 0.5) is 0 Å². The fraction of sp³-hybridized carbons (Fsp3) is 0.286. The van der Waals surface area contributed by atoms with Gasteiger partial charge in [-0.3, -0.25) is 4.79 Å². The van der Waals surface area contributed by atoms with Crippen LogP contribution in [0.3, 0.4) is 0 Å². The maximum atomic E-state index is 12.5. The minimum Gasteiger partial charge on any atom is -0.488 e. The Balaban J connectivity index is 1.76. The number of nitrogens with one attached hydrogen (secondary N) is 1. The van der Waals surface area contributed by atoms with Crippen molar-refractivity contribution in [2.24, 2.45) is 0 Å². The number of esters is 1. The van der Waals surface area contributed by atoms with Gasteiger partial charge in [-0.1, -0.05) is 54.6 Å². The van der Waals surface area contributed by atoms with E-state index in [4.69, 9.17) is 9.47 Å². The molecule has 0 unspecified atom stereocenters. The molecule has 0 aromatic heterocycles. The second-order valence-electron chi connectivity index (χ2n) is 8.85. The van der Waals surface area contributed by atoms with Crippen LogP contribution in [-0.4, -0.2) is 24.5 Å². The van der Waals surface area contributed by atoms with Crippen LogP contribution >= 0.6 is 0 Å². The average Bonchev–Trinajstić information content (AvgIpc) is 2.81. The molecule has 1 N–H and O–H groups in total. The lowest BCUT2D eigenvalue weighted by Gasteiger charge is -2.19. The van der Waals surface area contributed by atoms with Crippen molar-refractivity contribution < 1.29 is 19.1 Å². The third kappa shape index (κ3) is 6.94. The summed E-state index contributed by atoms with van der Waals surface area (Å²) in [7, 11) is 1.61. The molecule has 0 saturated heterocycles. The van der Waals surface area contributed by atoms with Crippen LogP contribution in [0.2, 0.25) is 0 Å². The van der Waals surface area contributed by atoms with E-state index in [9.17, 15) is 9.59 Å². The molecule has 5 heteroatoms. The van der Waals surface area contributed by atoms with Crippen molar-refractivity contribution in [1.82, 2.24) is 5.32 Å². The van der Waals surface area contributed by atoms with Gasteiger partial charge < -0.3 is 14.8 Å². The van der Waals surface area contributed by atoms with Crippen LogP contribution in [0, 0.1) is 0 Å². The number of carbonyl (C=O) groups is 2. The van der Waals surface area contributed by atoms with E-state index in [0.717, 1.165) is 24.0 Å². The smallest absolute Gasteiger partial charge is 0.338 e. The Bertz CT molecular complexity index is 1080. The highest BCUT2D eigenvalue weighted by Crippen LogP contribution is 2.27. The zero-order valence-corrected chi connectivity index (χ0v) is 19.7. The number of benzene rings is 3. The molecule has 0 heterocycles. The summed E-state index contributed by atoms with van der Waals surface area (Å²) in [5.74, 6) is 0.0407. The standard InChI is InChI=1S/C28H31NO4/c1-28(2,3)33-27(31)23-17-14-21(15-18-23)19-32-25-22(11-8-12-24(25)26(30)29-4)16-13-20-9-6-5-7-10-20/h5-12,14-15,17-18H,13,16,19H2,1-4H3,(H,29,30). The third-order valence-electron chi connectivity index (χ3n) is 5.07. The van der Waals surface area contributed by atoms with Crippen LogP contribution in [0.5, 0.6) is 5.75 Å². The molecule has 0 aliphatic rings. The Kier molecular flexibility index (Phi) is 7.88. The Morgan fingerprint density at radius 1 is 0.818 bits per heavy atom. The fourth-order valence-electron chi connectivity index (χ4n) is 3.42. The van der Waals surface area contributed by atoms with Crippen molar-refractivity contribution in [2.45, 2.75) is 45.8 Å². The maximum absolute atomic E-state index is 12.5. The molecule has 172 valence electrons. The molecule has 1 amide bonds. The number of carbonyl (C=O) groups excluding carboxylic acids is 2. The van der Waals surface area contributed by atoms with E-state index in [1.807, 2.05) is 63.2 Å². The normalized spacial score (nSPS) is 11.0. The van der Waals surface area contributed by atoms with Crippen molar-refractivity contribution in [3.05, 3.63) is 101 Å². The zero-order chi connectivity index (χ0) is 23.8. The third-order valence-corrected chi connectivity index (χ3v) is 5.07. The lowest BCUT2D eigenvalue weighted by molar-refractivity contribution is 0.00693. The molecule has 33 heavy (non-hydrogen) atoms. The minimum atomic E-state index is -0.543. The summed E-state index contributed by atoms with van der Waals surface area (Å²) in [6.45, 7) is 5.80. The maximum Gasteiger partial charge on any atom is 0.338 e. The highest BCUT2D eigenvalue weighted by molar-refractivity contribution is 5.97. The quantitative estimate of drug-likeness (QED) is 0.474. The zero-order valence-electron chi connectivity index (χ0n) is 19.7. The van der Waals surface area contributed by atoms with Gasteiger partial charge in [0.15, 0.2) is 0 Å². The van der Waals surface area contributed by atoms with E-state index in [0.29, 0.717) is 16.9 Å². The highest BCUT2D eigenvalue weighted by Gasteiger charge is 2.18. The molecule has 0 saturated carbocycles. The summed E-state index contributed by atoms with van der Waals surface area (Å²) in [4.78, 5) is 24.7. The van der Waals surface area contributed by atoms with E-state index < -0.39 is 5.60 Å². The van der Waals surface area contributed by atoms with Gasteiger partial charge in [-0.25, -0.2) is 4.79 Å². The van der Waals surface area contributed by atoms with Crippen molar-refractivity contribution >= 4 is 11.9 Å². The average molecular weight is 446 g/mol. The van der Waals surface area contributed by atoms with E-state index in [1.165, 1.54) is 5.56 Å². The molecule has 0 fully saturated rings. The first-order chi connectivity index (χ1) is 15.8. The molecular formula is C28H31NO4. The predicted molar refractivity (Wildman–Crippen MR) is 130 cm³/mol. The second-order valence-corrected chi connectivity index (χ2v) is 8.85. The molecule has 0 bridgehead atoms. The van der Waals surface area contributed by atoms with Crippen LogP contribution in [0.1, 0.15) is 58.2 Å². The largest absolute Gasteiger partial charge is 0.488 e. The van der Waals surface area contributed by atoms with E-state index in [2.05, 4.69) is 17.4 Å². The van der Waals surface area contributed by atoms with Gasteiger partial charge in [-0.15, -0.1) is 0 Å². The second kappa shape index (κ2) is 10.8. The number of ether oxygens (including phenoxy) is 2. The van der Waals surface area contributed by atoms with Crippen LogP contribution in [-0.2, 0) is 24.2 Å². The first-order valence-corrected chi connectivity index (χ1v) is 11.1. The van der Waals surface area contributed by atoms with Gasteiger partial charge in [0.05, 0.1) is 11.1 Å². The van der Waals surface area contributed by atoms with Gasteiger partial charge in [0.1, 0.15) is 18.0 Å². The Morgan fingerprint density at radius 2 is 1.52 bits per heavy atom. The first kappa shape index (κ1) is 24.1. The van der Waals surface area contributed by atoms with Crippen LogP contribution in [0.15, 0.2) is 72.8 Å². The van der Waals surface area contributed by atoms with E-state index >= 15 is 0 Å². The van der Waals surface area contributed by atoms with Gasteiger partial charge in [0, 0.05) is 7.05 Å². The van der Waals surface area contributed by atoms with Crippen molar-refractivity contribution in [2.75, 3.05) is 7.05 Å². The molecule has 0 spiro atoms. The summed E-state index contributed by atoms with van der Waals surface area (Å²) < 4.78 is 11.6. The lowest BCUT2D eigenvalue weighted by Crippen LogP contribution is -2.23. The summed E-state index contributed by atoms with van der Waals surface area (Å²) in [5, 5.41) is 2.69. The summed E-state index contributed by atoms with van der Waals surface area (Å²) in [6.07, 6.45) is 1.60. The van der Waals surface area contributed by atoms with Gasteiger partial charge in [-0.05, 0) is 68.5 Å². The molecule has 3 rings (SSSR count). The molecule has 0 aliphatic carbocycles. The van der Waals surface area contributed by atoms with Gasteiger partial charge in [-0.2, -0.15) is 0 Å². The number of para-hydroxylation sites is 1. The highest BCUT2D eigenvalue weighted by atomic mass is 16.6. The van der Waals surface area contributed by atoms with Crippen molar-refractivity contribution in [1.29, 1.82) is 0 Å². The number of hydrogen-bond acceptors (Lipinski definition) is 4. The molecule has 5 nitrogen and oxygen atoms in total. The molecule has 3 aromatic rings. The Hall–Kier alpha value is -3.60. The molecule has 0 aliphatic heterocycles. The summed E-state index contributed by atoms with van der Waals surface area (Å²) >= 11 is 0. The molecule has 0 atom stereocenters. The van der Waals surface area contributed by atoms with Crippen LogP contribution < -0.4 is 10.1 Å². The first-order valence-electron chi connectivity index (χ1n) is 11.1. The number of rotatable bonds is 8.